The molecular formula is C16H29N3O. The highest BCUT2D eigenvalue weighted by Gasteiger charge is 2.21. The lowest BCUT2D eigenvalue weighted by Gasteiger charge is -2.22. The molecule has 2 atom stereocenters. The topological polar surface area (TPSA) is 39.1 Å². The zero-order valence-corrected chi connectivity index (χ0v) is 13.2. The van der Waals surface area contributed by atoms with Gasteiger partial charge in [-0.2, -0.15) is 5.10 Å². The summed E-state index contributed by atoms with van der Waals surface area (Å²) >= 11 is 0. The predicted octanol–water partition coefficient (Wildman–Crippen LogP) is 2.69. The molecule has 1 N–H and O–H groups in total. The van der Waals surface area contributed by atoms with Crippen LogP contribution >= 0.6 is 0 Å². The van der Waals surface area contributed by atoms with Crippen molar-refractivity contribution >= 4 is 0 Å². The number of rotatable bonds is 8. The third kappa shape index (κ3) is 4.32. The minimum atomic E-state index is 0.448. The van der Waals surface area contributed by atoms with Gasteiger partial charge in [-0.05, 0) is 52.1 Å². The van der Waals surface area contributed by atoms with Crippen LogP contribution in [0.4, 0.5) is 0 Å². The maximum Gasteiger partial charge on any atom is 0.0596 e. The second kappa shape index (κ2) is 7.79. The first-order chi connectivity index (χ1) is 9.72. The van der Waals surface area contributed by atoms with E-state index < -0.39 is 0 Å². The molecule has 0 amide bonds. The highest BCUT2D eigenvalue weighted by atomic mass is 16.5. The smallest absolute Gasteiger partial charge is 0.0596 e. The summed E-state index contributed by atoms with van der Waals surface area (Å²) in [7, 11) is 0. The van der Waals surface area contributed by atoms with Gasteiger partial charge in [0.05, 0.1) is 11.8 Å². The van der Waals surface area contributed by atoms with E-state index in [9.17, 15) is 0 Å². The summed E-state index contributed by atoms with van der Waals surface area (Å²) in [6.07, 6.45) is 6.23. The minimum absolute atomic E-state index is 0.448. The summed E-state index contributed by atoms with van der Waals surface area (Å²) in [4.78, 5) is 0. The van der Waals surface area contributed by atoms with Gasteiger partial charge in [0.2, 0.25) is 0 Å². The largest absolute Gasteiger partial charge is 0.378 e. The van der Waals surface area contributed by atoms with Gasteiger partial charge in [-0.1, -0.05) is 6.92 Å². The van der Waals surface area contributed by atoms with E-state index in [-0.39, 0.29) is 0 Å². The Balaban J connectivity index is 1.97. The molecule has 114 valence electrons. The number of hydrogen-bond donors (Lipinski definition) is 1. The standard InChI is InChI=1S/C16H29N3O/c1-4-8-17-14(12-16-7-6-9-20-16)11-15-10-13(3)18-19(15)5-2/h10,14,16-17H,4-9,11-12H2,1-3H3. The quantitative estimate of drug-likeness (QED) is 0.795. The number of ether oxygens (including phenoxy) is 1. The fourth-order valence-corrected chi connectivity index (χ4v) is 3.02. The molecule has 1 fully saturated rings. The summed E-state index contributed by atoms with van der Waals surface area (Å²) in [6, 6.07) is 2.72. The van der Waals surface area contributed by atoms with Crippen LogP contribution in [0.2, 0.25) is 0 Å². The lowest BCUT2D eigenvalue weighted by atomic mass is 10.0. The normalized spacial score (nSPS) is 20.4. The predicted molar refractivity (Wildman–Crippen MR) is 82.0 cm³/mol. The lowest BCUT2D eigenvalue weighted by molar-refractivity contribution is 0.0943. The Morgan fingerprint density at radius 2 is 2.35 bits per heavy atom. The van der Waals surface area contributed by atoms with E-state index in [0.29, 0.717) is 12.1 Å². The zero-order valence-electron chi connectivity index (χ0n) is 13.2. The Morgan fingerprint density at radius 1 is 1.50 bits per heavy atom. The molecule has 20 heavy (non-hydrogen) atoms. The average Bonchev–Trinajstić information content (AvgIpc) is 3.05. The van der Waals surface area contributed by atoms with Gasteiger partial charge in [0, 0.05) is 31.3 Å². The Hall–Kier alpha value is -0.870. The molecule has 0 spiro atoms. The van der Waals surface area contributed by atoms with Gasteiger partial charge in [0.25, 0.3) is 0 Å². The van der Waals surface area contributed by atoms with E-state index in [1.165, 1.54) is 25.0 Å². The molecule has 1 aliphatic rings. The zero-order chi connectivity index (χ0) is 14.4. The summed E-state index contributed by atoms with van der Waals surface area (Å²) < 4.78 is 7.93. The van der Waals surface area contributed by atoms with Gasteiger partial charge in [-0.3, -0.25) is 4.68 Å². The lowest BCUT2D eigenvalue weighted by Crippen LogP contribution is -2.35. The molecule has 2 unspecified atom stereocenters. The maximum atomic E-state index is 5.80. The first-order valence-corrected chi connectivity index (χ1v) is 8.11. The van der Waals surface area contributed by atoms with Gasteiger partial charge in [0.1, 0.15) is 0 Å². The number of nitrogens with one attached hydrogen (secondary N) is 1. The maximum absolute atomic E-state index is 5.80. The highest BCUT2D eigenvalue weighted by molar-refractivity contribution is 5.10. The Labute approximate surface area is 122 Å². The molecule has 0 bridgehead atoms. The molecule has 0 radical (unpaired) electrons. The van der Waals surface area contributed by atoms with Crippen LogP contribution in [0.15, 0.2) is 6.07 Å². The Morgan fingerprint density at radius 3 is 3.00 bits per heavy atom. The van der Waals surface area contributed by atoms with Gasteiger partial charge in [0.15, 0.2) is 0 Å². The summed E-state index contributed by atoms with van der Waals surface area (Å²) in [6.45, 7) is 9.42. The third-order valence-corrected chi connectivity index (χ3v) is 3.99. The van der Waals surface area contributed by atoms with Gasteiger partial charge in [-0.25, -0.2) is 0 Å². The Bertz CT molecular complexity index is 396. The van der Waals surface area contributed by atoms with Crippen LogP contribution in [-0.4, -0.2) is 35.1 Å². The van der Waals surface area contributed by atoms with Crippen LogP contribution in [0.1, 0.15) is 50.9 Å². The molecular weight excluding hydrogens is 250 g/mol. The summed E-state index contributed by atoms with van der Waals surface area (Å²) in [5.41, 5.74) is 2.46. The third-order valence-electron chi connectivity index (χ3n) is 3.99. The van der Waals surface area contributed by atoms with Crippen LogP contribution in [0, 0.1) is 6.92 Å². The summed E-state index contributed by atoms with van der Waals surface area (Å²) in [5.74, 6) is 0. The van der Waals surface area contributed by atoms with Crippen molar-refractivity contribution in [1.82, 2.24) is 15.1 Å². The van der Waals surface area contributed by atoms with Gasteiger partial charge < -0.3 is 10.1 Å². The molecule has 4 nitrogen and oxygen atoms in total. The van der Waals surface area contributed by atoms with Gasteiger partial charge in [-0.15, -0.1) is 0 Å². The van der Waals surface area contributed by atoms with Crippen LogP contribution in [-0.2, 0) is 17.7 Å². The van der Waals surface area contributed by atoms with E-state index in [1.807, 2.05) is 0 Å². The molecule has 0 aliphatic carbocycles. The second-order valence-corrected chi connectivity index (χ2v) is 5.82. The molecule has 1 saturated heterocycles. The average molecular weight is 279 g/mol. The van der Waals surface area contributed by atoms with Crippen molar-refractivity contribution < 1.29 is 4.74 Å². The van der Waals surface area contributed by atoms with Crippen molar-refractivity contribution in [3.63, 3.8) is 0 Å². The highest BCUT2D eigenvalue weighted by Crippen LogP contribution is 2.19. The van der Waals surface area contributed by atoms with E-state index in [4.69, 9.17) is 4.74 Å². The van der Waals surface area contributed by atoms with Crippen LogP contribution in [0.3, 0.4) is 0 Å². The molecule has 1 aliphatic heterocycles. The second-order valence-electron chi connectivity index (χ2n) is 5.82. The van der Waals surface area contributed by atoms with Crippen molar-refractivity contribution in [2.45, 2.75) is 71.6 Å². The number of aromatic nitrogens is 2. The fraction of sp³-hybridized carbons (Fsp3) is 0.812. The SMILES string of the molecule is CCCNC(Cc1cc(C)nn1CC)CC1CCCO1. The number of aryl methyl sites for hydroxylation is 2. The van der Waals surface area contributed by atoms with Crippen LogP contribution < -0.4 is 5.32 Å². The fourth-order valence-electron chi connectivity index (χ4n) is 3.02. The van der Waals surface area contributed by atoms with E-state index in [1.54, 1.807) is 0 Å². The molecule has 1 aromatic rings. The van der Waals surface area contributed by atoms with Crippen LogP contribution in [0.5, 0.6) is 0 Å². The van der Waals surface area contributed by atoms with Crippen LogP contribution in [0.25, 0.3) is 0 Å². The molecule has 0 saturated carbocycles. The van der Waals surface area contributed by atoms with Crippen molar-refractivity contribution in [3.8, 4) is 0 Å². The molecule has 2 heterocycles. The van der Waals surface area contributed by atoms with Crippen molar-refractivity contribution in [3.05, 3.63) is 17.5 Å². The first-order valence-electron chi connectivity index (χ1n) is 8.11. The molecule has 2 rings (SSSR count). The summed E-state index contributed by atoms with van der Waals surface area (Å²) in [5, 5.41) is 8.24. The van der Waals surface area contributed by atoms with Crippen molar-refractivity contribution in [2.75, 3.05) is 13.2 Å². The van der Waals surface area contributed by atoms with Crippen molar-refractivity contribution in [2.24, 2.45) is 0 Å². The Kier molecular flexibility index (Phi) is 6.05. The number of nitrogens with zero attached hydrogens (tertiary/aromatic N) is 2. The molecule has 4 heteroatoms. The number of hydrogen-bond acceptors (Lipinski definition) is 3. The minimum Gasteiger partial charge on any atom is -0.378 e. The van der Waals surface area contributed by atoms with Crippen molar-refractivity contribution in [1.29, 1.82) is 0 Å². The first kappa shape index (κ1) is 15.5. The molecule has 0 aromatic carbocycles. The van der Waals surface area contributed by atoms with E-state index in [2.05, 4.69) is 41.9 Å². The van der Waals surface area contributed by atoms with Gasteiger partial charge >= 0.3 is 0 Å². The van der Waals surface area contributed by atoms with E-state index in [0.717, 1.165) is 38.2 Å². The van der Waals surface area contributed by atoms with E-state index >= 15 is 0 Å². The molecule has 1 aromatic heterocycles. The monoisotopic (exact) mass is 279 g/mol.